The van der Waals surface area contributed by atoms with Gasteiger partial charge in [0.15, 0.2) is 0 Å². The monoisotopic (exact) mass is 266 g/mol. The molecule has 1 unspecified atom stereocenters. The largest absolute Gasteiger partial charge is 0.383 e. The van der Waals surface area contributed by atoms with E-state index in [-0.39, 0.29) is 0 Å². The van der Waals surface area contributed by atoms with Gasteiger partial charge in [0.05, 0.1) is 17.4 Å². The van der Waals surface area contributed by atoms with Crippen molar-refractivity contribution in [2.24, 2.45) is 0 Å². The fourth-order valence-electron chi connectivity index (χ4n) is 1.47. The molecule has 5 nitrogen and oxygen atoms in total. The van der Waals surface area contributed by atoms with Crippen molar-refractivity contribution in [3.63, 3.8) is 0 Å². The van der Waals surface area contributed by atoms with E-state index in [1.54, 1.807) is 27.9 Å². The highest BCUT2D eigenvalue weighted by molar-refractivity contribution is 7.90. The number of rotatable bonds is 9. The molecule has 0 radical (unpaired) electrons. The molecule has 0 bridgehead atoms. The van der Waals surface area contributed by atoms with Gasteiger partial charge in [0.25, 0.3) is 0 Å². The normalized spacial score (nSPS) is 14.9. The molecule has 17 heavy (non-hydrogen) atoms. The molecule has 0 amide bonds. The second-order valence-electron chi connectivity index (χ2n) is 4.98. The van der Waals surface area contributed by atoms with Crippen molar-refractivity contribution >= 4 is 10.0 Å². The van der Waals surface area contributed by atoms with Gasteiger partial charge in [-0.1, -0.05) is 6.92 Å². The highest BCUT2D eigenvalue weighted by Gasteiger charge is 2.28. The van der Waals surface area contributed by atoms with Crippen LogP contribution >= 0.6 is 0 Å². The van der Waals surface area contributed by atoms with Crippen LogP contribution in [-0.2, 0) is 14.8 Å². The highest BCUT2D eigenvalue weighted by atomic mass is 32.2. The van der Waals surface area contributed by atoms with E-state index < -0.39 is 20.8 Å². The lowest BCUT2D eigenvalue weighted by molar-refractivity contribution is 0.141. The molecule has 1 atom stereocenters. The molecule has 0 spiro atoms. The smallest absolute Gasteiger partial charge is 0.216 e. The molecule has 0 fully saturated rings. The molecule has 0 aliphatic carbocycles. The maximum atomic E-state index is 12.0. The van der Waals surface area contributed by atoms with Crippen molar-refractivity contribution in [3.05, 3.63) is 0 Å². The molecule has 0 saturated carbocycles. The fourth-order valence-corrected chi connectivity index (χ4v) is 2.84. The van der Waals surface area contributed by atoms with E-state index >= 15 is 0 Å². The van der Waals surface area contributed by atoms with Crippen LogP contribution in [0.5, 0.6) is 0 Å². The molecule has 0 aliphatic rings. The minimum Gasteiger partial charge on any atom is -0.383 e. The topological polar surface area (TPSA) is 67.4 Å². The summed E-state index contributed by atoms with van der Waals surface area (Å²) in [5.74, 6) is 0. The van der Waals surface area contributed by atoms with Gasteiger partial charge in [0, 0.05) is 13.7 Å². The molecule has 0 aromatic rings. The van der Waals surface area contributed by atoms with Crippen molar-refractivity contribution in [3.8, 4) is 0 Å². The van der Waals surface area contributed by atoms with Gasteiger partial charge < -0.3 is 10.1 Å². The summed E-state index contributed by atoms with van der Waals surface area (Å²) in [5, 5.41) is 2.65. The van der Waals surface area contributed by atoms with Crippen molar-refractivity contribution in [2.45, 2.75) is 44.9 Å². The van der Waals surface area contributed by atoms with Crippen LogP contribution < -0.4 is 10.0 Å². The number of nitrogens with one attached hydrogen (secondary N) is 2. The SMILES string of the molecule is CCCNCC(C)S(=O)(=O)NC(C)(C)COC. The number of methoxy groups -OCH3 is 1. The van der Waals surface area contributed by atoms with Crippen LogP contribution in [-0.4, -0.2) is 46.0 Å². The minimum atomic E-state index is -3.31. The van der Waals surface area contributed by atoms with Gasteiger partial charge in [-0.05, 0) is 33.7 Å². The Bertz CT molecular complexity index is 302. The first-order valence-corrected chi connectivity index (χ1v) is 7.52. The van der Waals surface area contributed by atoms with Gasteiger partial charge in [-0.3, -0.25) is 0 Å². The van der Waals surface area contributed by atoms with Gasteiger partial charge in [0.2, 0.25) is 10.0 Å². The lowest BCUT2D eigenvalue weighted by Crippen LogP contribution is -2.51. The molecule has 104 valence electrons. The van der Waals surface area contributed by atoms with Gasteiger partial charge in [-0.2, -0.15) is 0 Å². The van der Waals surface area contributed by atoms with Crippen LogP contribution in [0.4, 0.5) is 0 Å². The molecule has 6 heteroatoms. The lowest BCUT2D eigenvalue weighted by Gasteiger charge is -2.27. The summed E-state index contributed by atoms with van der Waals surface area (Å²) >= 11 is 0. The summed E-state index contributed by atoms with van der Waals surface area (Å²) in [4.78, 5) is 0. The Morgan fingerprint density at radius 3 is 2.41 bits per heavy atom. The Hall–Kier alpha value is -0.170. The van der Waals surface area contributed by atoms with E-state index in [9.17, 15) is 8.42 Å². The van der Waals surface area contributed by atoms with E-state index in [1.165, 1.54) is 0 Å². The molecule has 0 aliphatic heterocycles. The predicted molar refractivity (Wildman–Crippen MR) is 70.6 cm³/mol. The number of hydrogen-bond donors (Lipinski definition) is 2. The number of ether oxygens (including phenoxy) is 1. The third kappa shape index (κ3) is 6.98. The summed E-state index contributed by atoms with van der Waals surface area (Å²) in [7, 11) is -1.76. The van der Waals surface area contributed by atoms with Crippen molar-refractivity contribution in [2.75, 3.05) is 26.8 Å². The van der Waals surface area contributed by atoms with Gasteiger partial charge in [0.1, 0.15) is 0 Å². The quantitative estimate of drug-likeness (QED) is 0.603. The van der Waals surface area contributed by atoms with Crippen LogP contribution in [0.3, 0.4) is 0 Å². The summed E-state index contributed by atoms with van der Waals surface area (Å²) in [6.45, 7) is 9.01. The molecule has 0 aromatic carbocycles. The van der Waals surface area contributed by atoms with Crippen molar-refractivity contribution in [1.82, 2.24) is 10.0 Å². The minimum absolute atomic E-state index is 0.349. The summed E-state index contributed by atoms with van der Waals surface area (Å²) in [5.41, 5.74) is -0.577. The van der Waals surface area contributed by atoms with Gasteiger partial charge in [-0.25, -0.2) is 13.1 Å². The zero-order valence-electron chi connectivity index (χ0n) is 11.5. The Morgan fingerprint density at radius 2 is 1.94 bits per heavy atom. The van der Waals surface area contributed by atoms with E-state index in [0.29, 0.717) is 13.2 Å². The van der Waals surface area contributed by atoms with E-state index in [0.717, 1.165) is 13.0 Å². The standard InChI is InChI=1S/C11H26N2O3S/c1-6-7-12-8-10(2)17(14,15)13-11(3,4)9-16-5/h10,12-13H,6-9H2,1-5H3. The Morgan fingerprint density at radius 1 is 1.35 bits per heavy atom. The Balaban J connectivity index is 4.36. The number of hydrogen-bond acceptors (Lipinski definition) is 4. The van der Waals surface area contributed by atoms with Crippen molar-refractivity contribution in [1.29, 1.82) is 0 Å². The zero-order chi connectivity index (χ0) is 13.5. The maximum absolute atomic E-state index is 12.0. The van der Waals surface area contributed by atoms with Crippen LogP contribution in [0.25, 0.3) is 0 Å². The average Bonchev–Trinajstić information content (AvgIpc) is 2.15. The fraction of sp³-hybridized carbons (Fsp3) is 1.00. The van der Waals surface area contributed by atoms with Crippen LogP contribution in [0, 0.1) is 0 Å². The molecule has 0 rings (SSSR count). The van der Waals surface area contributed by atoms with Crippen LogP contribution in [0.2, 0.25) is 0 Å². The van der Waals surface area contributed by atoms with Crippen molar-refractivity contribution < 1.29 is 13.2 Å². The first-order chi connectivity index (χ1) is 7.75. The highest BCUT2D eigenvalue weighted by Crippen LogP contribution is 2.08. The second kappa shape index (κ2) is 7.31. The molecular weight excluding hydrogens is 240 g/mol. The van der Waals surface area contributed by atoms with Crippen LogP contribution in [0.1, 0.15) is 34.1 Å². The average molecular weight is 266 g/mol. The molecule has 2 N–H and O–H groups in total. The van der Waals surface area contributed by atoms with E-state index in [2.05, 4.69) is 10.0 Å². The first-order valence-electron chi connectivity index (χ1n) is 5.97. The lowest BCUT2D eigenvalue weighted by atomic mass is 10.1. The third-order valence-corrected chi connectivity index (χ3v) is 4.38. The van der Waals surface area contributed by atoms with Gasteiger partial charge in [-0.15, -0.1) is 0 Å². The van der Waals surface area contributed by atoms with E-state index in [4.69, 9.17) is 4.74 Å². The molecule has 0 heterocycles. The molecular formula is C11H26N2O3S. The molecule has 0 aromatic heterocycles. The molecule has 0 saturated heterocycles. The van der Waals surface area contributed by atoms with Gasteiger partial charge >= 0.3 is 0 Å². The Labute approximate surface area is 105 Å². The predicted octanol–water partition coefficient (Wildman–Crippen LogP) is 0.719. The maximum Gasteiger partial charge on any atom is 0.216 e. The van der Waals surface area contributed by atoms with E-state index in [1.807, 2.05) is 6.92 Å². The first kappa shape index (κ1) is 16.8. The second-order valence-corrected chi connectivity index (χ2v) is 7.08. The zero-order valence-corrected chi connectivity index (χ0v) is 12.4. The third-order valence-electron chi connectivity index (χ3n) is 2.31. The number of sulfonamides is 1. The summed E-state index contributed by atoms with van der Waals surface area (Å²) in [6.07, 6.45) is 0.995. The summed E-state index contributed by atoms with van der Waals surface area (Å²) < 4.78 is 31.7. The van der Waals surface area contributed by atoms with Crippen LogP contribution in [0.15, 0.2) is 0 Å². The Kier molecular flexibility index (Phi) is 7.23. The summed E-state index contributed by atoms with van der Waals surface area (Å²) in [6, 6.07) is 0.